The lowest BCUT2D eigenvalue weighted by Gasteiger charge is -2.30. The molecule has 0 aromatic carbocycles. The van der Waals surface area contributed by atoms with E-state index < -0.39 is 85.6 Å². The SMILES string of the molecule is COC[C@H](c1cnn2cc(C(COC(C)(C)C(F)(F)F)NC(=O)[C@@H]3C[C@H]3C(F)(F)F)nc2c1)N1C[C@@H](C(F)(F)F)NC1=O. The fourth-order valence-corrected chi connectivity index (χ4v) is 4.50. The van der Waals surface area contributed by atoms with E-state index in [1.807, 2.05) is 5.32 Å². The van der Waals surface area contributed by atoms with Crippen LogP contribution in [-0.2, 0) is 14.3 Å². The quantitative estimate of drug-likeness (QED) is 0.382. The van der Waals surface area contributed by atoms with Crippen LogP contribution in [0, 0.1) is 11.8 Å². The zero-order valence-electron chi connectivity index (χ0n) is 22.8. The third-order valence-corrected chi connectivity index (χ3v) is 7.29. The number of methoxy groups -OCH3 is 1. The summed E-state index contributed by atoms with van der Waals surface area (Å²) in [5, 5.41) is 8.24. The number of rotatable bonds is 10. The van der Waals surface area contributed by atoms with E-state index in [1.54, 1.807) is 0 Å². The summed E-state index contributed by atoms with van der Waals surface area (Å²) in [4.78, 5) is 30.1. The van der Waals surface area contributed by atoms with Crippen molar-refractivity contribution in [3.8, 4) is 0 Å². The molecule has 5 atom stereocenters. The highest BCUT2D eigenvalue weighted by molar-refractivity contribution is 5.82. The van der Waals surface area contributed by atoms with E-state index in [2.05, 4.69) is 15.4 Å². The first-order valence-electron chi connectivity index (χ1n) is 12.8. The molecule has 2 N–H and O–H groups in total. The molecule has 0 spiro atoms. The van der Waals surface area contributed by atoms with Crippen molar-refractivity contribution in [2.24, 2.45) is 11.8 Å². The first-order valence-corrected chi connectivity index (χ1v) is 12.8. The maximum absolute atomic E-state index is 13.4. The number of ether oxygens (including phenoxy) is 2. The fourth-order valence-electron chi connectivity index (χ4n) is 4.50. The molecule has 1 aliphatic carbocycles. The van der Waals surface area contributed by atoms with E-state index in [0.717, 1.165) is 23.3 Å². The summed E-state index contributed by atoms with van der Waals surface area (Å²) in [5.74, 6) is -4.36. The summed E-state index contributed by atoms with van der Waals surface area (Å²) < 4.78 is 130. The Kier molecular flexibility index (Phi) is 8.55. The largest absolute Gasteiger partial charge is 0.416 e. The van der Waals surface area contributed by atoms with Gasteiger partial charge in [-0.25, -0.2) is 14.3 Å². The van der Waals surface area contributed by atoms with Crippen LogP contribution >= 0.6 is 0 Å². The lowest BCUT2D eigenvalue weighted by atomic mass is 10.1. The lowest BCUT2D eigenvalue weighted by molar-refractivity contribution is -0.265. The number of hydrogen-bond acceptors (Lipinski definition) is 6. The van der Waals surface area contributed by atoms with Crippen molar-refractivity contribution < 1.29 is 58.6 Å². The van der Waals surface area contributed by atoms with Crippen molar-refractivity contribution in [3.63, 3.8) is 0 Å². The Hall–Kier alpha value is -3.35. The molecule has 2 fully saturated rings. The fraction of sp³-hybridized carbons (Fsp3) is 0.667. The molecule has 0 bridgehead atoms. The first kappa shape index (κ1) is 32.6. The lowest BCUT2D eigenvalue weighted by Crippen LogP contribution is -2.44. The van der Waals surface area contributed by atoms with Crippen LogP contribution in [0.3, 0.4) is 0 Å². The second-order valence-electron chi connectivity index (χ2n) is 10.8. The molecular weight excluding hydrogens is 607 g/mol. The van der Waals surface area contributed by atoms with E-state index in [1.165, 1.54) is 25.6 Å². The first-order chi connectivity index (χ1) is 19.7. The van der Waals surface area contributed by atoms with Crippen molar-refractivity contribution in [2.75, 3.05) is 26.9 Å². The number of aromatic nitrogens is 3. The predicted molar refractivity (Wildman–Crippen MR) is 127 cm³/mol. The van der Waals surface area contributed by atoms with E-state index in [4.69, 9.17) is 9.47 Å². The molecule has 1 aliphatic heterocycles. The standard InChI is InChI=1S/C24H27F9N6O4/c1-21(2,24(31,32)33)43-9-15(36-19(40)12-5-13(12)22(25,26)27)14-7-39-18(35-14)4-11(6-34-39)16(10-42-3)38-8-17(23(28,29)30)37-20(38)41/h4,6-7,12-13,15-17H,5,8-10H2,1-3H3,(H,36,40)(H,37,41)/t12-,13-,15?,16-,17+/m1/s1. The van der Waals surface area contributed by atoms with Crippen LogP contribution in [0.5, 0.6) is 0 Å². The van der Waals surface area contributed by atoms with Gasteiger partial charge in [-0.1, -0.05) is 0 Å². The van der Waals surface area contributed by atoms with Gasteiger partial charge in [-0.2, -0.15) is 44.6 Å². The molecular formula is C24H27F9N6O4. The number of carbonyl (C=O) groups excluding carboxylic acids is 2. The zero-order chi connectivity index (χ0) is 32.1. The Morgan fingerprint density at radius 1 is 1.12 bits per heavy atom. The van der Waals surface area contributed by atoms with Gasteiger partial charge in [0.05, 0.1) is 61.8 Å². The number of hydrogen-bond donors (Lipinski definition) is 2. The number of halogens is 9. The second kappa shape index (κ2) is 11.3. The second-order valence-corrected chi connectivity index (χ2v) is 10.8. The van der Waals surface area contributed by atoms with Crippen LogP contribution in [0.25, 0.3) is 5.65 Å². The van der Waals surface area contributed by atoms with Crippen LogP contribution in [0.15, 0.2) is 18.5 Å². The smallest absolute Gasteiger partial charge is 0.382 e. The van der Waals surface area contributed by atoms with Crippen LogP contribution in [0.2, 0.25) is 0 Å². The Bertz CT molecular complexity index is 1340. The molecule has 3 amide bonds. The minimum atomic E-state index is -4.82. The summed E-state index contributed by atoms with van der Waals surface area (Å²) in [6.07, 6.45) is -12.2. The van der Waals surface area contributed by atoms with E-state index in [9.17, 15) is 49.1 Å². The Morgan fingerprint density at radius 2 is 1.79 bits per heavy atom. The molecule has 1 saturated heterocycles. The third kappa shape index (κ3) is 7.08. The summed E-state index contributed by atoms with van der Waals surface area (Å²) in [5.41, 5.74) is -2.59. The molecule has 2 aromatic heterocycles. The normalized spacial score (nSPS) is 22.9. The molecule has 3 heterocycles. The van der Waals surface area contributed by atoms with Gasteiger partial charge in [-0.05, 0) is 26.3 Å². The Balaban J connectivity index is 1.61. The number of urea groups is 1. The Labute approximate surface area is 237 Å². The van der Waals surface area contributed by atoms with Gasteiger partial charge in [0.2, 0.25) is 5.91 Å². The molecule has 240 valence electrons. The molecule has 0 radical (unpaired) electrons. The van der Waals surface area contributed by atoms with Crippen molar-refractivity contribution in [3.05, 3.63) is 29.7 Å². The summed E-state index contributed by atoms with van der Waals surface area (Å²) in [7, 11) is 1.26. The summed E-state index contributed by atoms with van der Waals surface area (Å²) in [6, 6.07) is -4.26. The minimum absolute atomic E-state index is 0.00880. The molecule has 1 unspecified atom stereocenters. The molecule has 4 rings (SSSR count). The van der Waals surface area contributed by atoms with Gasteiger partial charge >= 0.3 is 24.6 Å². The average molecular weight is 635 g/mol. The van der Waals surface area contributed by atoms with Crippen molar-refractivity contribution in [1.82, 2.24) is 30.1 Å². The molecule has 10 nitrogen and oxygen atoms in total. The average Bonchev–Trinajstić information content (AvgIpc) is 3.45. The highest BCUT2D eigenvalue weighted by atomic mass is 19.4. The third-order valence-electron chi connectivity index (χ3n) is 7.29. The number of alkyl halides is 9. The number of nitrogens with one attached hydrogen (secondary N) is 2. The minimum Gasteiger partial charge on any atom is -0.382 e. The van der Waals surface area contributed by atoms with Crippen molar-refractivity contribution in [2.45, 2.75) is 62.5 Å². The topological polar surface area (TPSA) is 110 Å². The van der Waals surface area contributed by atoms with Gasteiger partial charge in [0, 0.05) is 12.7 Å². The van der Waals surface area contributed by atoms with Crippen LogP contribution in [0.1, 0.15) is 43.6 Å². The van der Waals surface area contributed by atoms with Crippen molar-refractivity contribution >= 4 is 17.6 Å². The maximum atomic E-state index is 13.4. The van der Waals surface area contributed by atoms with Crippen LogP contribution < -0.4 is 10.6 Å². The molecule has 1 saturated carbocycles. The number of carbonyl (C=O) groups is 2. The van der Waals surface area contributed by atoms with Gasteiger partial charge in [0.1, 0.15) is 6.04 Å². The highest BCUT2D eigenvalue weighted by Gasteiger charge is 2.59. The van der Waals surface area contributed by atoms with Crippen LogP contribution in [-0.4, -0.2) is 88.5 Å². The number of fused-ring (bicyclic) bond motifs is 1. The van der Waals surface area contributed by atoms with Gasteiger partial charge in [0.25, 0.3) is 0 Å². The van der Waals surface area contributed by atoms with Gasteiger partial charge in [-0.3, -0.25) is 4.79 Å². The Morgan fingerprint density at radius 3 is 2.33 bits per heavy atom. The zero-order valence-corrected chi connectivity index (χ0v) is 22.8. The van der Waals surface area contributed by atoms with E-state index in [0.29, 0.717) is 0 Å². The maximum Gasteiger partial charge on any atom is 0.416 e. The number of nitrogens with zero attached hydrogens (tertiary/aromatic N) is 4. The van der Waals surface area contributed by atoms with Crippen molar-refractivity contribution in [1.29, 1.82) is 0 Å². The van der Waals surface area contributed by atoms with Gasteiger partial charge in [0.15, 0.2) is 11.2 Å². The number of imidazole rings is 1. The van der Waals surface area contributed by atoms with Crippen LogP contribution in [0.4, 0.5) is 44.3 Å². The molecule has 2 aromatic rings. The molecule has 19 heteroatoms. The monoisotopic (exact) mass is 634 g/mol. The van der Waals surface area contributed by atoms with E-state index in [-0.39, 0.29) is 23.5 Å². The summed E-state index contributed by atoms with van der Waals surface area (Å²) >= 11 is 0. The number of amides is 3. The molecule has 43 heavy (non-hydrogen) atoms. The predicted octanol–water partition coefficient (Wildman–Crippen LogP) is 4.09. The highest BCUT2D eigenvalue weighted by Crippen LogP contribution is 2.50. The van der Waals surface area contributed by atoms with Gasteiger partial charge < -0.3 is 25.0 Å². The molecule has 2 aliphatic rings. The van der Waals surface area contributed by atoms with E-state index >= 15 is 0 Å². The van der Waals surface area contributed by atoms with Gasteiger partial charge in [-0.15, -0.1) is 0 Å². The summed E-state index contributed by atoms with van der Waals surface area (Å²) in [6.45, 7) is -0.307.